The maximum atomic E-state index is 10.6. The number of nitrogens with zero attached hydrogens (tertiary/aromatic N) is 4. The second-order valence-corrected chi connectivity index (χ2v) is 7.93. The van der Waals surface area contributed by atoms with E-state index >= 15 is 0 Å². The molecule has 1 aromatic carbocycles. The van der Waals surface area contributed by atoms with Gasteiger partial charge >= 0.3 is 6.01 Å². The molecule has 0 radical (unpaired) electrons. The van der Waals surface area contributed by atoms with E-state index < -0.39 is 23.7 Å². The number of aliphatic hydroxyl groups is 3. The van der Waals surface area contributed by atoms with Crippen molar-refractivity contribution in [2.45, 2.75) is 31.1 Å². The molecule has 2 fully saturated rings. The molecule has 0 saturated heterocycles. The van der Waals surface area contributed by atoms with Gasteiger partial charge in [-0.05, 0) is 17.9 Å². The number of ether oxygens (including phenoxy) is 1. The van der Waals surface area contributed by atoms with Crippen LogP contribution in [0.15, 0.2) is 36.7 Å². The molecule has 3 aromatic rings. The molecule has 29 heavy (non-hydrogen) atoms. The Hall–Kier alpha value is -2.75. The van der Waals surface area contributed by atoms with Crippen LogP contribution in [0.3, 0.4) is 0 Å². The van der Waals surface area contributed by atoms with Gasteiger partial charge in [0.25, 0.3) is 0 Å². The van der Waals surface area contributed by atoms with Crippen LogP contribution in [0.2, 0.25) is 0 Å². The van der Waals surface area contributed by atoms with Crippen LogP contribution in [0, 0.1) is 11.3 Å². The predicted molar refractivity (Wildman–Crippen MR) is 104 cm³/mol. The van der Waals surface area contributed by atoms with Gasteiger partial charge in [-0.25, -0.2) is 4.98 Å². The highest BCUT2D eigenvalue weighted by Crippen LogP contribution is 2.67. The lowest BCUT2D eigenvalue weighted by atomic mass is 10.0. The molecule has 2 unspecified atom stereocenters. The second-order valence-electron chi connectivity index (χ2n) is 7.93. The Bertz CT molecular complexity index is 1040. The van der Waals surface area contributed by atoms with Crippen molar-refractivity contribution >= 4 is 17.0 Å². The lowest BCUT2D eigenvalue weighted by Gasteiger charge is -2.23. The van der Waals surface area contributed by atoms with Gasteiger partial charge in [-0.15, -0.1) is 0 Å². The molecule has 2 heterocycles. The smallest absolute Gasteiger partial charge is 0.320 e. The number of nitrogens with two attached hydrogens (primary N) is 1. The first-order chi connectivity index (χ1) is 14.0. The van der Waals surface area contributed by atoms with Crippen molar-refractivity contribution in [3.8, 4) is 6.01 Å². The number of hydrogen-bond donors (Lipinski definition) is 4. The van der Waals surface area contributed by atoms with Gasteiger partial charge in [-0.1, -0.05) is 30.3 Å². The number of aromatic nitrogens is 4. The minimum Gasteiger partial charge on any atom is -0.463 e. The molecule has 5 atom stereocenters. The molecule has 0 amide bonds. The molecule has 0 aliphatic heterocycles. The fourth-order valence-corrected chi connectivity index (χ4v) is 4.66. The first-order valence-electron chi connectivity index (χ1n) is 9.69. The van der Waals surface area contributed by atoms with Gasteiger partial charge in [0.05, 0.1) is 31.7 Å². The highest BCUT2D eigenvalue weighted by molar-refractivity contribution is 5.82. The van der Waals surface area contributed by atoms with E-state index in [2.05, 4.69) is 15.0 Å². The van der Waals surface area contributed by atoms with Crippen molar-refractivity contribution in [1.29, 1.82) is 0 Å². The standard InChI is InChI=1S/C20H23N5O4/c21-17-13-18(24-19(23-17)29-7-6-11-4-2-1-3-5-11)25(10-22-13)14-12-8-20(12,9-26)16(28)15(14)27/h1-5,10,12,14-16,26-28H,6-9H2,(H2,21,23,24)/t12-,14-,15?,16?,20+/m1/s1. The van der Waals surface area contributed by atoms with Gasteiger partial charge < -0.3 is 30.4 Å². The number of rotatable bonds is 6. The monoisotopic (exact) mass is 397 g/mol. The molecule has 0 spiro atoms. The van der Waals surface area contributed by atoms with E-state index in [9.17, 15) is 15.3 Å². The Morgan fingerprint density at radius 3 is 2.72 bits per heavy atom. The number of benzene rings is 1. The van der Waals surface area contributed by atoms with Crippen LogP contribution in [0.1, 0.15) is 18.0 Å². The highest BCUT2D eigenvalue weighted by Gasteiger charge is 2.71. The largest absolute Gasteiger partial charge is 0.463 e. The fourth-order valence-electron chi connectivity index (χ4n) is 4.66. The van der Waals surface area contributed by atoms with Crippen LogP contribution >= 0.6 is 0 Å². The zero-order valence-electron chi connectivity index (χ0n) is 15.7. The van der Waals surface area contributed by atoms with Crippen LogP contribution in [0.5, 0.6) is 6.01 Å². The van der Waals surface area contributed by atoms with E-state index in [0.29, 0.717) is 30.6 Å². The Morgan fingerprint density at radius 1 is 1.21 bits per heavy atom. The summed E-state index contributed by atoms with van der Waals surface area (Å²) in [5, 5.41) is 30.7. The maximum absolute atomic E-state index is 10.6. The maximum Gasteiger partial charge on any atom is 0.320 e. The van der Waals surface area contributed by atoms with Crippen LogP contribution in [0.25, 0.3) is 11.2 Å². The minimum absolute atomic E-state index is 0.0476. The summed E-state index contributed by atoms with van der Waals surface area (Å²) in [4.78, 5) is 12.9. The Balaban J connectivity index is 1.41. The van der Waals surface area contributed by atoms with Gasteiger partial charge in [0.1, 0.15) is 6.10 Å². The molecular formula is C20H23N5O4. The van der Waals surface area contributed by atoms with Crippen LogP contribution in [-0.4, -0.2) is 60.3 Å². The minimum atomic E-state index is -1.02. The van der Waals surface area contributed by atoms with E-state index in [0.717, 1.165) is 5.56 Å². The summed E-state index contributed by atoms with van der Waals surface area (Å²) in [6, 6.07) is 9.65. The normalized spacial score (nSPS) is 30.4. The SMILES string of the molecule is Nc1nc(OCCc2ccccc2)nc2c1ncn2[C@H]1C(O)C(O)[C@]2(CO)C[C@H]12. The number of nitrogen functional groups attached to an aromatic ring is 1. The van der Waals surface area contributed by atoms with E-state index in [1.54, 1.807) is 10.9 Å². The highest BCUT2D eigenvalue weighted by atomic mass is 16.5. The number of fused-ring (bicyclic) bond motifs is 2. The van der Waals surface area contributed by atoms with Gasteiger partial charge in [0.15, 0.2) is 17.0 Å². The van der Waals surface area contributed by atoms with E-state index in [1.807, 2.05) is 30.3 Å². The summed E-state index contributed by atoms with van der Waals surface area (Å²) in [5.41, 5.74) is 7.42. The molecule has 0 bridgehead atoms. The summed E-state index contributed by atoms with van der Waals surface area (Å²) >= 11 is 0. The predicted octanol–water partition coefficient (Wildman–Crippen LogP) is 0.305. The van der Waals surface area contributed by atoms with Crippen molar-refractivity contribution < 1.29 is 20.1 Å². The summed E-state index contributed by atoms with van der Waals surface area (Å²) in [5.74, 6) is 0.147. The average molecular weight is 397 g/mol. The number of imidazole rings is 1. The third-order valence-electron chi connectivity index (χ3n) is 6.36. The van der Waals surface area contributed by atoms with Crippen LogP contribution in [-0.2, 0) is 6.42 Å². The average Bonchev–Trinajstić information content (AvgIpc) is 3.24. The third-order valence-corrected chi connectivity index (χ3v) is 6.36. The lowest BCUT2D eigenvalue weighted by molar-refractivity contribution is -0.0300. The summed E-state index contributed by atoms with van der Waals surface area (Å²) in [6.45, 7) is 0.230. The van der Waals surface area contributed by atoms with Gasteiger partial charge in [0, 0.05) is 11.8 Å². The Kier molecular flexibility index (Phi) is 4.19. The molecule has 2 aliphatic carbocycles. The van der Waals surface area contributed by atoms with Crippen molar-refractivity contribution in [2.75, 3.05) is 18.9 Å². The molecular weight excluding hydrogens is 374 g/mol. The van der Waals surface area contributed by atoms with E-state index in [-0.39, 0.29) is 24.4 Å². The van der Waals surface area contributed by atoms with Crippen molar-refractivity contribution in [3.63, 3.8) is 0 Å². The van der Waals surface area contributed by atoms with Crippen molar-refractivity contribution in [3.05, 3.63) is 42.2 Å². The first-order valence-corrected chi connectivity index (χ1v) is 9.69. The zero-order valence-corrected chi connectivity index (χ0v) is 15.7. The number of hydrogen-bond acceptors (Lipinski definition) is 8. The molecule has 2 saturated carbocycles. The lowest BCUT2D eigenvalue weighted by Crippen LogP contribution is -2.35. The van der Waals surface area contributed by atoms with Gasteiger partial charge in [0.2, 0.25) is 0 Å². The second kappa shape index (κ2) is 6.65. The van der Waals surface area contributed by atoms with Crippen LogP contribution in [0.4, 0.5) is 5.82 Å². The topological polar surface area (TPSA) is 140 Å². The van der Waals surface area contributed by atoms with Crippen LogP contribution < -0.4 is 10.5 Å². The van der Waals surface area contributed by atoms with E-state index in [4.69, 9.17) is 10.5 Å². The zero-order chi connectivity index (χ0) is 20.2. The molecule has 5 rings (SSSR count). The summed E-state index contributed by atoms with van der Waals surface area (Å²) in [7, 11) is 0. The third kappa shape index (κ3) is 2.77. The summed E-state index contributed by atoms with van der Waals surface area (Å²) < 4.78 is 7.44. The molecule has 152 valence electrons. The Morgan fingerprint density at radius 2 is 2.00 bits per heavy atom. The number of anilines is 1. The Labute approximate surface area is 166 Å². The van der Waals surface area contributed by atoms with Gasteiger partial charge in [-0.3, -0.25) is 0 Å². The molecule has 9 nitrogen and oxygen atoms in total. The van der Waals surface area contributed by atoms with E-state index in [1.165, 1.54) is 0 Å². The fraction of sp³-hybridized carbons (Fsp3) is 0.450. The van der Waals surface area contributed by atoms with Crippen molar-refractivity contribution in [1.82, 2.24) is 19.5 Å². The van der Waals surface area contributed by atoms with Crippen molar-refractivity contribution in [2.24, 2.45) is 11.3 Å². The number of aliphatic hydroxyl groups excluding tert-OH is 3. The molecule has 2 aliphatic rings. The first kappa shape index (κ1) is 18.3. The molecule has 2 aromatic heterocycles. The van der Waals surface area contributed by atoms with Gasteiger partial charge in [-0.2, -0.15) is 9.97 Å². The quantitative estimate of drug-likeness (QED) is 0.466. The summed E-state index contributed by atoms with van der Waals surface area (Å²) in [6.07, 6.45) is 0.900. The molecule has 5 N–H and O–H groups in total. The molecule has 9 heteroatoms.